The number of nitro benzene ring substituents is 1. The number of nitrogens with one attached hydrogen (secondary N) is 1. The standard InChI is InChI=1S/C15H16FN3O2/c1-3-11-5-4-6-17-14(11)9-18-13-7-10(2)12(16)8-15(13)19(20)21/h4-8,18H,3,9H2,1-2H3. The van der Waals surface area contributed by atoms with E-state index in [1.54, 1.807) is 13.1 Å². The lowest BCUT2D eigenvalue weighted by Gasteiger charge is -2.10. The molecule has 0 aliphatic carbocycles. The summed E-state index contributed by atoms with van der Waals surface area (Å²) in [4.78, 5) is 14.7. The summed E-state index contributed by atoms with van der Waals surface area (Å²) >= 11 is 0. The minimum Gasteiger partial charge on any atom is -0.374 e. The van der Waals surface area contributed by atoms with Crippen LogP contribution in [0.1, 0.15) is 23.7 Å². The fraction of sp³-hybridized carbons (Fsp3) is 0.267. The van der Waals surface area contributed by atoms with Crippen molar-refractivity contribution >= 4 is 11.4 Å². The largest absolute Gasteiger partial charge is 0.374 e. The number of pyridine rings is 1. The summed E-state index contributed by atoms with van der Waals surface area (Å²) < 4.78 is 13.5. The molecule has 0 bridgehead atoms. The van der Waals surface area contributed by atoms with Crippen LogP contribution in [-0.4, -0.2) is 9.91 Å². The van der Waals surface area contributed by atoms with Crippen LogP contribution < -0.4 is 5.32 Å². The lowest BCUT2D eigenvalue weighted by molar-refractivity contribution is -0.384. The molecule has 110 valence electrons. The number of halogens is 1. The molecule has 0 unspecified atom stereocenters. The van der Waals surface area contributed by atoms with Crippen LogP contribution in [-0.2, 0) is 13.0 Å². The predicted molar refractivity (Wildman–Crippen MR) is 78.7 cm³/mol. The summed E-state index contributed by atoms with van der Waals surface area (Å²) in [6, 6.07) is 6.21. The van der Waals surface area contributed by atoms with Crippen molar-refractivity contribution in [2.45, 2.75) is 26.8 Å². The highest BCUT2D eigenvalue weighted by Gasteiger charge is 2.17. The van der Waals surface area contributed by atoms with Crippen LogP contribution >= 0.6 is 0 Å². The van der Waals surface area contributed by atoms with Crippen molar-refractivity contribution in [1.82, 2.24) is 4.98 Å². The summed E-state index contributed by atoms with van der Waals surface area (Å²) in [6.45, 7) is 3.95. The highest BCUT2D eigenvalue weighted by Crippen LogP contribution is 2.28. The van der Waals surface area contributed by atoms with Crippen molar-refractivity contribution < 1.29 is 9.31 Å². The third kappa shape index (κ3) is 3.34. The molecule has 0 aliphatic rings. The van der Waals surface area contributed by atoms with Crippen LogP contribution in [0, 0.1) is 22.9 Å². The van der Waals surface area contributed by atoms with E-state index in [1.807, 2.05) is 19.1 Å². The summed E-state index contributed by atoms with van der Waals surface area (Å²) in [5.74, 6) is -0.584. The zero-order chi connectivity index (χ0) is 15.4. The van der Waals surface area contributed by atoms with E-state index in [2.05, 4.69) is 10.3 Å². The van der Waals surface area contributed by atoms with Crippen molar-refractivity contribution in [1.29, 1.82) is 0 Å². The smallest absolute Gasteiger partial charge is 0.295 e. The molecule has 2 aromatic rings. The van der Waals surface area contributed by atoms with E-state index in [-0.39, 0.29) is 5.69 Å². The lowest BCUT2D eigenvalue weighted by atomic mass is 10.1. The van der Waals surface area contributed by atoms with Crippen molar-refractivity contribution in [2.75, 3.05) is 5.32 Å². The highest BCUT2D eigenvalue weighted by atomic mass is 19.1. The number of nitro groups is 1. The SMILES string of the molecule is CCc1cccnc1CNc1cc(C)c(F)cc1[N+](=O)[O-]. The highest BCUT2D eigenvalue weighted by molar-refractivity contribution is 5.63. The van der Waals surface area contributed by atoms with E-state index < -0.39 is 10.7 Å². The van der Waals surface area contributed by atoms with Gasteiger partial charge < -0.3 is 5.32 Å². The van der Waals surface area contributed by atoms with Gasteiger partial charge in [-0.2, -0.15) is 0 Å². The molecule has 0 saturated carbocycles. The average molecular weight is 289 g/mol. The van der Waals surface area contributed by atoms with Gasteiger partial charge in [-0.05, 0) is 36.6 Å². The molecule has 0 fully saturated rings. The van der Waals surface area contributed by atoms with Gasteiger partial charge in [-0.25, -0.2) is 4.39 Å². The fourth-order valence-corrected chi connectivity index (χ4v) is 2.09. The van der Waals surface area contributed by atoms with Gasteiger partial charge >= 0.3 is 0 Å². The van der Waals surface area contributed by atoms with Gasteiger partial charge in [-0.3, -0.25) is 15.1 Å². The zero-order valence-electron chi connectivity index (χ0n) is 11.9. The summed E-state index contributed by atoms with van der Waals surface area (Å²) in [7, 11) is 0. The molecule has 6 heteroatoms. The number of benzene rings is 1. The van der Waals surface area contributed by atoms with Crippen LogP contribution in [0.15, 0.2) is 30.5 Å². The number of hydrogen-bond acceptors (Lipinski definition) is 4. The molecule has 1 aromatic heterocycles. The minimum absolute atomic E-state index is 0.271. The van der Waals surface area contributed by atoms with Gasteiger partial charge in [0.05, 0.1) is 23.2 Å². The number of rotatable bonds is 5. The normalized spacial score (nSPS) is 10.4. The zero-order valence-corrected chi connectivity index (χ0v) is 11.9. The van der Waals surface area contributed by atoms with Gasteiger partial charge in [0.2, 0.25) is 0 Å². The Kier molecular flexibility index (Phi) is 4.47. The van der Waals surface area contributed by atoms with Crippen molar-refractivity contribution in [3.05, 3.63) is 63.2 Å². The van der Waals surface area contributed by atoms with E-state index in [1.165, 1.54) is 6.07 Å². The van der Waals surface area contributed by atoms with Gasteiger partial charge in [0, 0.05) is 6.20 Å². The molecule has 21 heavy (non-hydrogen) atoms. The van der Waals surface area contributed by atoms with Crippen LogP contribution in [0.4, 0.5) is 15.8 Å². The molecular weight excluding hydrogens is 273 g/mol. The number of aromatic nitrogens is 1. The van der Waals surface area contributed by atoms with Gasteiger partial charge in [0.25, 0.3) is 5.69 Å². The van der Waals surface area contributed by atoms with Crippen LogP contribution in [0.2, 0.25) is 0 Å². The Morgan fingerprint density at radius 2 is 2.19 bits per heavy atom. The van der Waals surface area contributed by atoms with Crippen LogP contribution in [0.25, 0.3) is 0 Å². The third-order valence-electron chi connectivity index (χ3n) is 3.29. The summed E-state index contributed by atoms with van der Waals surface area (Å²) in [5.41, 5.74) is 2.29. The monoisotopic (exact) mass is 289 g/mol. The minimum atomic E-state index is -0.593. The second-order valence-corrected chi connectivity index (χ2v) is 4.69. The van der Waals surface area contributed by atoms with Gasteiger partial charge in [0.1, 0.15) is 11.5 Å². The maximum Gasteiger partial charge on any atom is 0.295 e. The van der Waals surface area contributed by atoms with E-state index in [0.29, 0.717) is 17.8 Å². The lowest BCUT2D eigenvalue weighted by Crippen LogP contribution is -2.07. The molecule has 0 atom stereocenters. The molecule has 2 rings (SSSR count). The third-order valence-corrected chi connectivity index (χ3v) is 3.29. The predicted octanol–water partition coefficient (Wildman–Crippen LogP) is 3.61. The van der Waals surface area contributed by atoms with E-state index in [0.717, 1.165) is 23.7 Å². The maximum atomic E-state index is 13.5. The quantitative estimate of drug-likeness (QED) is 0.674. The maximum absolute atomic E-state index is 13.5. The first-order valence-corrected chi connectivity index (χ1v) is 6.64. The number of anilines is 1. The Bertz CT molecular complexity index is 674. The molecule has 0 radical (unpaired) electrons. The molecule has 0 aliphatic heterocycles. The van der Waals surface area contributed by atoms with Crippen LogP contribution in [0.5, 0.6) is 0 Å². The summed E-state index contributed by atoms with van der Waals surface area (Å²) in [5, 5.41) is 14.0. The number of nitrogens with zero attached hydrogens (tertiary/aromatic N) is 2. The molecule has 0 amide bonds. The van der Waals surface area contributed by atoms with E-state index in [4.69, 9.17) is 0 Å². The number of aryl methyl sites for hydroxylation is 2. The molecular formula is C15H16FN3O2. The van der Waals surface area contributed by atoms with Gasteiger partial charge in [-0.1, -0.05) is 13.0 Å². The Morgan fingerprint density at radius 1 is 1.43 bits per heavy atom. The first-order chi connectivity index (χ1) is 10.0. The summed E-state index contributed by atoms with van der Waals surface area (Å²) in [6.07, 6.45) is 2.51. The Labute approximate surface area is 122 Å². The topological polar surface area (TPSA) is 68.1 Å². The molecule has 1 heterocycles. The number of hydrogen-bond donors (Lipinski definition) is 1. The molecule has 0 saturated heterocycles. The first-order valence-electron chi connectivity index (χ1n) is 6.64. The van der Waals surface area contributed by atoms with Crippen molar-refractivity contribution in [3.8, 4) is 0 Å². The fourth-order valence-electron chi connectivity index (χ4n) is 2.09. The first kappa shape index (κ1) is 14.9. The second-order valence-electron chi connectivity index (χ2n) is 4.69. The molecule has 5 nitrogen and oxygen atoms in total. The Morgan fingerprint density at radius 3 is 2.86 bits per heavy atom. The van der Waals surface area contributed by atoms with Crippen molar-refractivity contribution in [3.63, 3.8) is 0 Å². The van der Waals surface area contributed by atoms with Crippen molar-refractivity contribution in [2.24, 2.45) is 0 Å². The Balaban J connectivity index is 2.27. The Hall–Kier alpha value is -2.50. The van der Waals surface area contributed by atoms with E-state index >= 15 is 0 Å². The van der Waals surface area contributed by atoms with E-state index in [9.17, 15) is 14.5 Å². The average Bonchev–Trinajstić information content (AvgIpc) is 2.48. The van der Waals surface area contributed by atoms with Gasteiger partial charge in [0.15, 0.2) is 0 Å². The second kappa shape index (κ2) is 6.30. The molecule has 1 aromatic carbocycles. The molecule has 1 N–H and O–H groups in total. The van der Waals surface area contributed by atoms with Gasteiger partial charge in [-0.15, -0.1) is 0 Å². The molecule has 0 spiro atoms. The van der Waals surface area contributed by atoms with Crippen LogP contribution in [0.3, 0.4) is 0 Å².